The van der Waals surface area contributed by atoms with Crippen LogP contribution in [0.4, 0.5) is 5.95 Å². The van der Waals surface area contributed by atoms with Crippen LogP contribution in [0.3, 0.4) is 0 Å². The number of hydrogen-bond acceptors (Lipinski definition) is 5. The van der Waals surface area contributed by atoms with Crippen LogP contribution in [0.25, 0.3) is 11.3 Å². The molecule has 1 amide bonds. The largest absolute Gasteiger partial charge is 0.369 e. The lowest BCUT2D eigenvalue weighted by Gasteiger charge is -2.30. The number of primary amides is 1. The van der Waals surface area contributed by atoms with E-state index in [4.69, 9.17) is 5.73 Å². The molecule has 6 nitrogen and oxygen atoms in total. The first-order chi connectivity index (χ1) is 10.2. The van der Waals surface area contributed by atoms with Gasteiger partial charge in [0.25, 0.3) is 0 Å². The van der Waals surface area contributed by atoms with E-state index in [0.29, 0.717) is 5.95 Å². The Balaban J connectivity index is 1.77. The van der Waals surface area contributed by atoms with Crippen LogP contribution in [0.1, 0.15) is 12.8 Å². The molecule has 2 N–H and O–H groups in total. The predicted octanol–water partition coefficient (Wildman–Crippen LogP) is 1.24. The molecular formula is C15H17N5O. The number of carbonyl (C=O) groups is 1. The molecule has 0 aliphatic carbocycles. The summed E-state index contributed by atoms with van der Waals surface area (Å²) in [7, 11) is 0. The fourth-order valence-electron chi connectivity index (χ4n) is 2.54. The van der Waals surface area contributed by atoms with E-state index >= 15 is 0 Å². The second-order valence-corrected chi connectivity index (χ2v) is 5.15. The number of nitrogens with zero attached hydrogens (tertiary/aromatic N) is 4. The van der Waals surface area contributed by atoms with Gasteiger partial charge in [-0.05, 0) is 31.0 Å². The summed E-state index contributed by atoms with van der Waals surface area (Å²) >= 11 is 0. The zero-order valence-corrected chi connectivity index (χ0v) is 11.6. The van der Waals surface area contributed by atoms with Gasteiger partial charge in [0.05, 0.1) is 5.69 Å². The first kappa shape index (κ1) is 13.5. The summed E-state index contributed by atoms with van der Waals surface area (Å²) in [5.74, 6) is 0.460. The Kier molecular flexibility index (Phi) is 3.77. The van der Waals surface area contributed by atoms with Crippen LogP contribution in [0.2, 0.25) is 0 Å². The van der Waals surface area contributed by atoms with Crippen molar-refractivity contribution in [1.29, 1.82) is 0 Å². The van der Waals surface area contributed by atoms with Crippen molar-refractivity contribution in [3.05, 3.63) is 36.8 Å². The normalized spacial score (nSPS) is 15.9. The van der Waals surface area contributed by atoms with E-state index in [0.717, 1.165) is 37.2 Å². The van der Waals surface area contributed by atoms with E-state index in [1.54, 1.807) is 18.6 Å². The summed E-state index contributed by atoms with van der Waals surface area (Å²) in [6, 6.07) is 5.73. The fourth-order valence-corrected chi connectivity index (χ4v) is 2.54. The van der Waals surface area contributed by atoms with Gasteiger partial charge in [-0.15, -0.1) is 0 Å². The predicted molar refractivity (Wildman–Crippen MR) is 79.4 cm³/mol. The van der Waals surface area contributed by atoms with Crippen molar-refractivity contribution >= 4 is 11.9 Å². The number of aromatic nitrogens is 3. The first-order valence-corrected chi connectivity index (χ1v) is 7.02. The zero-order chi connectivity index (χ0) is 14.7. The second-order valence-electron chi connectivity index (χ2n) is 5.15. The molecule has 21 heavy (non-hydrogen) atoms. The number of carbonyl (C=O) groups excluding carboxylic acids is 1. The van der Waals surface area contributed by atoms with Crippen LogP contribution in [-0.4, -0.2) is 33.9 Å². The topological polar surface area (TPSA) is 85.0 Å². The van der Waals surface area contributed by atoms with Crippen molar-refractivity contribution in [3.8, 4) is 11.3 Å². The van der Waals surface area contributed by atoms with Gasteiger partial charge in [-0.2, -0.15) is 0 Å². The van der Waals surface area contributed by atoms with Gasteiger partial charge < -0.3 is 10.6 Å². The van der Waals surface area contributed by atoms with Crippen molar-refractivity contribution in [2.45, 2.75) is 12.8 Å². The standard InChI is InChI=1S/C15H17N5O/c16-14(21)11-4-8-20(9-5-11)15-18-7-3-13(19-15)12-2-1-6-17-10-12/h1-3,6-7,10-11H,4-5,8-9H2,(H2,16,21). The lowest BCUT2D eigenvalue weighted by Crippen LogP contribution is -2.39. The molecule has 1 saturated heterocycles. The van der Waals surface area contributed by atoms with Crippen LogP contribution >= 0.6 is 0 Å². The van der Waals surface area contributed by atoms with Gasteiger partial charge in [-0.25, -0.2) is 9.97 Å². The maximum atomic E-state index is 11.2. The van der Waals surface area contributed by atoms with Gasteiger partial charge in [0.1, 0.15) is 0 Å². The van der Waals surface area contributed by atoms with Crippen LogP contribution < -0.4 is 10.6 Å². The van der Waals surface area contributed by atoms with Crippen LogP contribution in [0.5, 0.6) is 0 Å². The van der Waals surface area contributed by atoms with E-state index in [1.807, 2.05) is 18.2 Å². The number of nitrogens with two attached hydrogens (primary N) is 1. The maximum absolute atomic E-state index is 11.2. The minimum atomic E-state index is -0.209. The summed E-state index contributed by atoms with van der Waals surface area (Å²) in [4.78, 5) is 26.3. The molecule has 0 saturated carbocycles. The Morgan fingerprint density at radius 1 is 1.24 bits per heavy atom. The molecule has 6 heteroatoms. The molecule has 1 aliphatic heterocycles. The molecule has 3 rings (SSSR count). The molecule has 0 aromatic carbocycles. The van der Waals surface area contributed by atoms with Crippen molar-refractivity contribution in [3.63, 3.8) is 0 Å². The average Bonchev–Trinajstić information content (AvgIpc) is 2.56. The number of piperidine rings is 1. The van der Waals surface area contributed by atoms with Crippen molar-refractivity contribution < 1.29 is 4.79 Å². The van der Waals surface area contributed by atoms with E-state index in [9.17, 15) is 4.79 Å². The fraction of sp³-hybridized carbons (Fsp3) is 0.333. The molecule has 1 aliphatic rings. The van der Waals surface area contributed by atoms with Crippen molar-refractivity contribution in [2.75, 3.05) is 18.0 Å². The summed E-state index contributed by atoms with van der Waals surface area (Å²) < 4.78 is 0. The molecule has 0 unspecified atom stereocenters. The highest BCUT2D eigenvalue weighted by molar-refractivity contribution is 5.76. The molecule has 0 radical (unpaired) electrons. The van der Waals surface area contributed by atoms with E-state index in [-0.39, 0.29) is 11.8 Å². The molecule has 0 spiro atoms. The van der Waals surface area contributed by atoms with Gasteiger partial charge in [-0.3, -0.25) is 9.78 Å². The molecule has 3 heterocycles. The monoisotopic (exact) mass is 283 g/mol. The SMILES string of the molecule is NC(=O)C1CCN(c2nccc(-c3cccnc3)n2)CC1. The lowest BCUT2D eigenvalue weighted by molar-refractivity contribution is -0.122. The molecule has 0 atom stereocenters. The molecule has 1 fully saturated rings. The van der Waals surface area contributed by atoms with E-state index in [1.165, 1.54) is 0 Å². The van der Waals surface area contributed by atoms with Gasteiger partial charge in [0.2, 0.25) is 11.9 Å². The summed E-state index contributed by atoms with van der Waals surface area (Å²) in [6.07, 6.45) is 6.79. The van der Waals surface area contributed by atoms with E-state index < -0.39 is 0 Å². The number of rotatable bonds is 3. The van der Waals surface area contributed by atoms with Gasteiger partial charge >= 0.3 is 0 Å². The number of pyridine rings is 1. The van der Waals surface area contributed by atoms with Gasteiger partial charge in [0.15, 0.2) is 0 Å². The van der Waals surface area contributed by atoms with Gasteiger partial charge in [0, 0.05) is 43.2 Å². The summed E-state index contributed by atoms with van der Waals surface area (Å²) in [6.45, 7) is 1.51. The number of hydrogen-bond donors (Lipinski definition) is 1. The molecule has 2 aromatic heterocycles. The zero-order valence-electron chi connectivity index (χ0n) is 11.6. The van der Waals surface area contributed by atoms with Crippen molar-refractivity contribution in [1.82, 2.24) is 15.0 Å². The molecule has 0 bridgehead atoms. The summed E-state index contributed by atoms with van der Waals surface area (Å²) in [5, 5.41) is 0. The number of amides is 1. The highest BCUT2D eigenvalue weighted by Crippen LogP contribution is 2.22. The quantitative estimate of drug-likeness (QED) is 0.916. The minimum Gasteiger partial charge on any atom is -0.369 e. The smallest absolute Gasteiger partial charge is 0.225 e. The van der Waals surface area contributed by atoms with Crippen LogP contribution in [0.15, 0.2) is 36.8 Å². The van der Waals surface area contributed by atoms with E-state index in [2.05, 4.69) is 19.9 Å². The number of anilines is 1. The lowest BCUT2D eigenvalue weighted by atomic mass is 9.96. The Morgan fingerprint density at radius 3 is 2.71 bits per heavy atom. The molecule has 108 valence electrons. The third-order valence-electron chi connectivity index (χ3n) is 3.78. The second kappa shape index (κ2) is 5.87. The highest BCUT2D eigenvalue weighted by atomic mass is 16.1. The Hall–Kier alpha value is -2.50. The average molecular weight is 283 g/mol. The van der Waals surface area contributed by atoms with Crippen LogP contribution in [0, 0.1) is 5.92 Å². The first-order valence-electron chi connectivity index (χ1n) is 7.02. The molecular weight excluding hydrogens is 266 g/mol. The maximum Gasteiger partial charge on any atom is 0.225 e. The molecule has 2 aromatic rings. The highest BCUT2D eigenvalue weighted by Gasteiger charge is 2.24. The third-order valence-corrected chi connectivity index (χ3v) is 3.78. The van der Waals surface area contributed by atoms with Crippen molar-refractivity contribution in [2.24, 2.45) is 11.7 Å². The third kappa shape index (κ3) is 2.99. The van der Waals surface area contributed by atoms with Gasteiger partial charge in [-0.1, -0.05) is 0 Å². The Morgan fingerprint density at radius 2 is 2.05 bits per heavy atom. The Labute approximate surface area is 123 Å². The Bertz CT molecular complexity index is 623. The minimum absolute atomic E-state index is 0.0252. The summed E-state index contributed by atoms with van der Waals surface area (Å²) in [5.41, 5.74) is 7.17. The van der Waals surface area contributed by atoms with Crippen LogP contribution in [-0.2, 0) is 4.79 Å².